The zero-order chi connectivity index (χ0) is 13.4. The second-order valence-corrected chi connectivity index (χ2v) is 5.54. The number of fused-ring (bicyclic) bond motifs is 1. The monoisotopic (exact) mass is 315 g/mol. The van der Waals surface area contributed by atoms with E-state index in [2.05, 4.69) is 51.2 Å². The quantitative estimate of drug-likeness (QED) is 0.787. The molecule has 0 aliphatic heterocycles. The fourth-order valence-corrected chi connectivity index (χ4v) is 2.63. The van der Waals surface area contributed by atoms with Crippen molar-refractivity contribution in [2.24, 2.45) is 12.8 Å². The van der Waals surface area contributed by atoms with Gasteiger partial charge in [0.1, 0.15) is 5.82 Å². The Balaban J connectivity index is 2.06. The van der Waals surface area contributed by atoms with Crippen LogP contribution in [0.1, 0.15) is 17.4 Å². The van der Waals surface area contributed by atoms with E-state index in [1.54, 1.807) is 6.20 Å². The first kappa shape index (κ1) is 12.4. The predicted molar refractivity (Wildman–Crippen MR) is 80.9 cm³/mol. The van der Waals surface area contributed by atoms with Crippen LogP contribution in [0, 0.1) is 0 Å². The van der Waals surface area contributed by atoms with E-state index >= 15 is 0 Å². The molecule has 0 saturated heterocycles. The number of hydrogen-bond donors (Lipinski definition) is 1. The molecule has 1 aromatic heterocycles. The van der Waals surface area contributed by atoms with E-state index in [-0.39, 0.29) is 6.04 Å². The van der Waals surface area contributed by atoms with Gasteiger partial charge in [-0.15, -0.1) is 0 Å². The number of benzene rings is 2. The van der Waals surface area contributed by atoms with Crippen LogP contribution in [0.15, 0.2) is 53.3 Å². The summed E-state index contributed by atoms with van der Waals surface area (Å²) >= 11 is 3.48. The molecule has 0 bridgehead atoms. The molecule has 0 amide bonds. The van der Waals surface area contributed by atoms with Gasteiger partial charge in [-0.25, -0.2) is 4.98 Å². The normalized spacial score (nSPS) is 12.8. The Bertz CT molecular complexity index is 733. The van der Waals surface area contributed by atoms with Crippen LogP contribution in [-0.4, -0.2) is 9.55 Å². The molecule has 1 unspecified atom stereocenters. The highest BCUT2D eigenvalue weighted by atomic mass is 79.9. The first-order valence-electron chi connectivity index (χ1n) is 6.07. The van der Waals surface area contributed by atoms with Crippen molar-refractivity contribution in [3.63, 3.8) is 0 Å². The van der Waals surface area contributed by atoms with Crippen LogP contribution in [0.3, 0.4) is 0 Å². The van der Waals surface area contributed by atoms with Crippen LogP contribution in [0.2, 0.25) is 0 Å². The SMILES string of the molecule is Cn1ccnc1C(N)c1ccc2cc(Br)ccc2c1. The number of aromatic nitrogens is 2. The maximum Gasteiger partial charge on any atom is 0.129 e. The Morgan fingerprint density at radius 2 is 1.89 bits per heavy atom. The Hall–Kier alpha value is -1.65. The molecule has 0 aliphatic rings. The van der Waals surface area contributed by atoms with Gasteiger partial charge in [0.05, 0.1) is 6.04 Å². The topological polar surface area (TPSA) is 43.8 Å². The number of aryl methyl sites for hydroxylation is 1. The molecular weight excluding hydrogens is 302 g/mol. The van der Waals surface area contributed by atoms with E-state index in [9.17, 15) is 0 Å². The molecule has 0 fully saturated rings. The highest BCUT2D eigenvalue weighted by Crippen LogP contribution is 2.25. The zero-order valence-corrected chi connectivity index (χ0v) is 12.1. The second-order valence-electron chi connectivity index (χ2n) is 4.62. The lowest BCUT2D eigenvalue weighted by Gasteiger charge is -2.13. The largest absolute Gasteiger partial charge is 0.336 e. The summed E-state index contributed by atoms with van der Waals surface area (Å²) in [5, 5.41) is 2.38. The van der Waals surface area contributed by atoms with E-state index < -0.39 is 0 Å². The van der Waals surface area contributed by atoms with Gasteiger partial charge in [0.15, 0.2) is 0 Å². The summed E-state index contributed by atoms with van der Waals surface area (Å²) in [5.74, 6) is 0.872. The van der Waals surface area contributed by atoms with E-state index in [4.69, 9.17) is 5.73 Å². The molecule has 0 aliphatic carbocycles. The summed E-state index contributed by atoms with van der Waals surface area (Å²) in [6.07, 6.45) is 3.68. The minimum absolute atomic E-state index is 0.201. The maximum absolute atomic E-state index is 6.29. The fraction of sp³-hybridized carbons (Fsp3) is 0.133. The third-order valence-corrected chi connectivity index (χ3v) is 3.82. The molecule has 4 heteroatoms. The lowest BCUT2D eigenvalue weighted by molar-refractivity contribution is 0.717. The van der Waals surface area contributed by atoms with Gasteiger partial charge >= 0.3 is 0 Å². The lowest BCUT2D eigenvalue weighted by atomic mass is 10.0. The summed E-state index contributed by atoms with van der Waals surface area (Å²) in [4.78, 5) is 4.32. The van der Waals surface area contributed by atoms with Crippen LogP contribution in [0.5, 0.6) is 0 Å². The third-order valence-electron chi connectivity index (χ3n) is 3.32. The number of imidazole rings is 1. The van der Waals surface area contributed by atoms with Crippen LogP contribution in [-0.2, 0) is 7.05 Å². The standard InChI is InChI=1S/C15H14BrN3/c1-19-7-6-18-15(19)14(17)12-3-2-11-9-13(16)5-4-10(11)8-12/h2-9,14H,17H2,1H3. The van der Waals surface area contributed by atoms with E-state index in [0.29, 0.717) is 0 Å². The molecule has 19 heavy (non-hydrogen) atoms. The van der Waals surface area contributed by atoms with Crippen molar-refractivity contribution in [3.8, 4) is 0 Å². The molecule has 3 nitrogen and oxygen atoms in total. The van der Waals surface area contributed by atoms with E-state index in [0.717, 1.165) is 15.9 Å². The van der Waals surface area contributed by atoms with Crippen LogP contribution >= 0.6 is 15.9 Å². The fourth-order valence-electron chi connectivity index (χ4n) is 2.25. The highest BCUT2D eigenvalue weighted by molar-refractivity contribution is 9.10. The van der Waals surface area contributed by atoms with E-state index in [1.807, 2.05) is 23.9 Å². The Morgan fingerprint density at radius 1 is 1.16 bits per heavy atom. The number of halogens is 1. The Morgan fingerprint density at radius 3 is 2.63 bits per heavy atom. The van der Waals surface area contributed by atoms with E-state index in [1.165, 1.54) is 10.8 Å². The molecule has 2 N–H and O–H groups in total. The highest BCUT2D eigenvalue weighted by Gasteiger charge is 2.13. The van der Waals surface area contributed by atoms with Crippen molar-refractivity contribution in [3.05, 3.63) is 64.7 Å². The van der Waals surface area contributed by atoms with Gasteiger partial charge in [-0.1, -0.05) is 34.1 Å². The summed E-state index contributed by atoms with van der Waals surface area (Å²) in [5.41, 5.74) is 7.36. The van der Waals surface area contributed by atoms with Crippen molar-refractivity contribution in [1.29, 1.82) is 0 Å². The Labute approximate surface area is 120 Å². The third kappa shape index (κ3) is 2.29. The zero-order valence-electron chi connectivity index (χ0n) is 10.5. The van der Waals surface area contributed by atoms with Gasteiger partial charge in [0.2, 0.25) is 0 Å². The number of nitrogens with two attached hydrogens (primary N) is 1. The minimum Gasteiger partial charge on any atom is -0.336 e. The van der Waals surface area contributed by atoms with Crippen molar-refractivity contribution in [2.45, 2.75) is 6.04 Å². The summed E-state index contributed by atoms with van der Waals surface area (Å²) in [6, 6.07) is 12.3. The van der Waals surface area contributed by atoms with Gasteiger partial charge in [0.25, 0.3) is 0 Å². The summed E-state index contributed by atoms with van der Waals surface area (Å²) in [6.45, 7) is 0. The first-order chi connectivity index (χ1) is 9.15. The van der Waals surface area contributed by atoms with Crippen LogP contribution in [0.25, 0.3) is 10.8 Å². The molecule has 3 rings (SSSR count). The van der Waals surface area contributed by atoms with Gasteiger partial charge < -0.3 is 10.3 Å². The van der Waals surface area contributed by atoms with Crippen LogP contribution in [0.4, 0.5) is 0 Å². The molecular formula is C15H14BrN3. The van der Waals surface area contributed by atoms with Crippen molar-refractivity contribution < 1.29 is 0 Å². The molecule has 1 heterocycles. The van der Waals surface area contributed by atoms with Crippen molar-refractivity contribution >= 4 is 26.7 Å². The number of nitrogens with zero attached hydrogens (tertiary/aromatic N) is 2. The summed E-state index contributed by atoms with van der Waals surface area (Å²) < 4.78 is 3.04. The molecule has 2 aromatic carbocycles. The first-order valence-corrected chi connectivity index (χ1v) is 6.86. The minimum atomic E-state index is -0.201. The molecule has 0 radical (unpaired) electrons. The maximum atomic E-state index is 6.29. The molecule has 1 atom stereocenters. The van der Waals surface area contributed by atoms with Gasteiger partial charge in [-0.3, -0.25) is 0 Å². The predicted octanol–water partition coefficient (Wildman–Crippen LogP) is 3.38. The van der Waals surface area contributed by atoms with Gasteiger partial charge in [-0.05, 0) is 34.5 Å². The van der Waals surface area contributed by atoms with Crippen LogP contribution < -0.4 is 5.73 Å². The molecule has 3 aromatic rings. The smallest absolute Gasteiger partial charge is 0.129 e. The Kier molecular flexibility index (Phi) is 3.12. The second kappa shape index (κ2) is 4.79. The summed E-state index contributed by atoms with van der Waals surface area (Å²) in [7, 11) is 1.96. The number of hydrogen-bond acceptors (Lipinski definition) is 2. The van der Waals surface area contributed by atoms with Crippen molar-refractivity contribution in [1.82, 2.24) is 9.55 Å². The average Bonchev–Trinajstić information content (AvgIpc) is 2.83. The van der Waals surface area contributed by atoms with Crippen molar-refractivity contribution in [2.75, 3.05) is 0 Å². The number of rotatable bonds is 2. The molecule has 0 saturated carbocycles. The van der Waals surface area contributed by atoms with Gasteiger partial charge in [-0.2, -0.15) is 0 Å². The molecule has 0 spiro atoms. The van der Waals surface area contributed by atoms with Gasteiger partial charge in [0, 0.05) is 23.9 Å². The average molecular weight is 316 g/mol. The molecule has 96 valence electrons. The lowest BCUT2D eigenvalue weighted by Crippen LogP contribution is -2.16.